The van der Waals surface area contributed by atoms with E-state index in [0.717, 1.165) is 5.56 Å². The number of hydrogen-bond acceptors (Lipinski definition) is 8. The van der Waals surface area contributed by atoms with Crippen molar-refractivity contribution >= 4 is 23.7 Å². The molecule has 1 fully saturated rings. The summed E-state index contributed by atoms with van der Waals surface area (Å²) in [5.41, 5.74) is 2.08. The van der Waals surface area contributed by atoms with Crippen LogP contribution >= 0.6 is 0 Å². The molecule has 1 aromatic heterocycles. The van der Waals surface area contributed by atoms with E-state index in [1.165, 1.54) is 11.8 Å². The second kappa shape index (κ2) is 13.9. The topological polar surface area (TPSA) is 170 Å². The second-order valence-electron chi connectivity index (χ2n) is 10.1. The molecule has 3 amide bonds. The molecule has 3 rings (SSSR count). The summed E-state index contributed by atoms with van der Waals surface area (Å²) in [7, 11) is 0. The maximum atomic E-state index is 12.9. The van der Waals surface area contributed by atoms with Crippen molar-refractivity contribution < 1.29 is 34.1 Å². The third-order valence-electron chi connectivity index (χ3n) is 6.50. The average molecular weight is 556 g/mol. The molecule has 0 unspecified atom stereocenters. The van der Waals surface area contributed by atoms with E-state index in [4.69, 9.17) is 4.74 Å². The summed E-state index contributed by atoms with van der Waals surface area (Å²) in [6, 6.07) is 9.71. The molecule has 216 valence electrons. The number of ether oxygens (including phenoxy) is 1. The highest BCUT2D eigenvalue weighted by Gasteiger charge is 2.32. The Morgan fingerprint density at radius 1 is 1.07 bits per heavy atom. The van der Waals surface area contributed by atoms with Crippen molar-refractivity contribution in [1.82, 2.24) is 25.8 Å². The zero-order valence-electron chi connectivity index (χ0n) is 23.1. The van der Waals surface area contributed by atoms with Gasteiger partial charge in [0.05, 0.1) is 17.5 Å². The molecule has 1 aromatic carbocycles. The van der Waals surface area contributed by atoms with Crippen LogP contribution in [0.4, 0.5) is 0 Å². The van der Waals surface area contributed by atoms with Gasteiger partial charge in [0.15, 0.2) is 6.61 Å². The van der Waals surface area contributed by atoms with Crippen LogP contribution in [-0.2, 0) is 19.2 Å². The van der Waals surface area contributed by atoms with Crippen molar-refractivity contribution in [3.8, 4) is 17.0 Å². The molecule has 2 heterocycles. The van der Waals surface area contributed by atoms with Gasteiger partial charge in [-0.2, -0.15) is 0 Å². The van der Waals surface area contributed by atoms with Crippen molar-refractivity contribution in [3.63, 3.8) is 0 Å². The van der Waals surface area contributed by atoms with Gasteiger partial charge in [-0.3, -0.25) is 24.2 Å². The molecule has 12 nitrogen and oxygen atoms in total. The molecule has 1 aliphatic heterocycles. The number of piperazine rings is 1. The van der Waals surface area contributed by atoms with E-state index in [-0.39, 0.29) is 19.1 Å². The average Bonchev–Trinajstić information content (AvgIpc) is 2.94. The van der Waals surface area contributed by atoms with E-state index in [1.54, 1.807) is 51.1 Å². The van der Waals surface area contributed by atoms with Crippen LogP contribution in [0.1, 0.15) is 39.5 Å². The molecular weight excluding hydrogens is 518 g/mol. The fourth-order valence-electron chi connectivity index (χ4n) is 4.22. The minimum atomic E-state index is -1.05. The number of carbonyl (C=O) groups excluding carboxylic acids is 3. The van der Waals surface area contributed by atoms with E-state index < -0.39 is 47.9 Å². The van der Waals surface area contributed by atoms with Gasteiger partial charge in [0, 0.05) is 25.2 Å². The van der Waals surface area contributed by atoms with Gasteiger partial charge in [-0.05, 0) is 56.2 Å². The fourth-order valence-corrected chi connectivity index (χ4v) is 4.22. The number of carbonyl (C=O) groups is 4. The summed E-state index contributed by atoms with van der Waals surface area (Å²) in [5, 5.41) is 27.1. The number of carboxylic acids is 1. The quantitative estimate of drug-likeness (QED) is 0.268. The van der Waals surface area contributed by atoms with Gasteiger partial charge in [0.25, 0.3) is 5.91 Å². The van der Waals surface area contributed by atoms with Crippen LogP contribution in [0.25, 0.3) is 11.3 Å². The first kappa shape index (κ1) is 30.5. The van der Waals surface area contributed by atoms with E-state index in [0.29, 0.717) is 30.2 Å². The number of aliphatic carboxylic acids is 1. The fraction of sp³-hybridized carbons (Fsp3) is 0.464. The highest BCUT2D eigenvalue weighted by atomic mass is 16.5. The van der Waals surface area contributed by atoms with E-state index in [2.05, 4.69) is 20.9 Å². The van der Waals surface area contributed by atoms with Crippen molar-refractivity contribution in [1.29, 1.82) is 0 Å². The summed E-state index contributed by atoms with van der Waals surface area (Å²) in [4.78, 5) is 55.4. The first-order chi connectivity index (χ1) is 19.0. The first-order valence-electron chi connectivity index (χ1n) is 13.2. The van der Waals surface area contributed by atoms with Crippen molar-refractivity contribution in [2.45, 2.75) is 51.9 Å². The van der Waals surface area contributed by atoms with Crippen molar-refractivity contribution in [2.75, 3.05) is 26.2 Å². The van der Waals surface area contributed by atoms with Crippen LogP contribution in [0, 0.1) is 5.92 Å². The Kier molecular flexibility index (Phi) is 10.6. The van der Waals surface area contributed by atoms with E-state index in [9.17, 15) is 29.4 Å². The lowest BCUT2D eigenvalue weighted by molar-refractivity contribution is -0.144. The summed E-state index contributed by atoms with van der Waals surface area (Å²) < 4.78 is 5.59. The number of aliphatic hydroxyl groups excluding tert-OH is 1. The SMILES string of the molecule is CC(C)[C@H](NC(=O)COc1ccc(-c2cccc([C@@H](C)O)n2)cc1)C(=O)N[C@@H](C)C(=O)N1CCN[C@H](C(=O)O)C1. The van der Waals surface area contributed by atoms with Gasteiger partial charge in [-0.15, -0.1) is 0 Å². The van der Waals surface area contributed by atoms with Gasteiger partial charge in [-0.25, -0.2) is 0 Å². The zero-order chi connectivity index (χ0) is 29.4. The number of benzene rings is 1. The lowest BCUT2D eigenvalue weighted by Gasteiger charge is -2.33. The molecule has 0 bridgehead atoms. The van der Waals surface area contributed by atoms with Gasteiger partial charge < -0.3 is 35.8 Å². The number of aliphatic hydroxyl groups is 1. The Balaban J connectivity index is 1.52. The lowest BCUT2D eigenvalue weighted by Crippen LogP contribution is -2.60. The second-order valence-corrected chi connectivity index (χ2v) is 10.1. The Hall–Kier alpha value is -4.03. The molecular formula is C28H37N5O7. The van der Waals surface area contributed by atoms with Crippen LogP contribution < -0.4 is 20.7 Å². The van der Waals surface area contributed by atoms with E-state index >= 15 is 0 Å². The Morgan fingerprint density at radius 2 is 1.77 bits per heavy atom. The number of rotatable bonds is 11. The van der Waals surface area contributed by atoms with Crippen LogP contribution in [0.15, 0.2) is 42.5 Å². The molecule has 1 aliphatic rings. The van der Waals surface area contributed by atoms with Crippen LogP contribution in [0.2, 0.25) is 0 Å². The number of nitrogens with zero attached hydrogens (tertiary/aromatic N) is 2. The minimum absolute atomic E-state index is 0.00179. The predicted octanol–water partition coefficient (Wildman–Crippen LogP) is 0.711. The van der Waals surface area contributed by atoms with Crippen LogP contribution in [0.3, 0.4) is 0 Å². The Bertz CT molecular complexity index is 1200. The zero-order valence-corrected chi connectivity index (χ0v) is 23.1. The van der Waals surface area contributed by atoms with E-state index in [1.807, 2.05) is 12.1 Å². The Labute approximate surface area is 233 Å². The molecule has 0 spiro atoms. The third-order valence-corrected chi connectivity index (χ3v) is 6.50. The van der Waals surface area contributed by atoms with Gasteiger partial charge in [0.2, 0.25) is 11.8 Å². The van der Waals surface area contributed by atoms with Gasteiger partial charge in [0.1, 0.15) is 23.9 Å². The minimum Gasteiger partial charge on any atom is -0.484 e. The first-order valence-corrected chi connectivity index (χ1v) is 13.2. The lowest BCUT2D eigenvalue weighted by atomic mass is 10.0. The highest BCUT2D eigenvalue weighted by Crippen LogP contribution is 2.22. The number of carboxylic acid groups (broad SMARTS) is 1. The highest BCUT2D eigenvalue weighted by molar-refractivity contribution is 5.92. The molecule has 0 radical (unpaired) electrons. The smallest absolute Gasteiger partial charge is 0.322 e. The van der Waals surface area contributed by atoms with Gasteiger partial charge in [-0.1, -0.05) is 19.9 Å². The molecule has 40 heavy (non-hydrogen) atoms. The number of pyridine rings is 1. The number of nitrogens with one attached hydrogen (secondary N) is 3. The van der Waals surface area contributed by atoms with Crippen molar-refractivity contribution in [3.05, 3.63) is 48.2 Å². The monoisotopic (exact) mass is 555 g/mol. The number of hydrogen-bond donors (Lipinski definition) is 5. The van der Waals surface area contributed by atoms with Crippen molar-refractivity contribution in [2.24, 2.45) is 5.92 Å². The maximum absolute atomic E-state index is 12.9. The normalized spacial score (nSPS) is 17.4. The van der Waals surface area contributed by atoms with Crippen LogP contribution in [-0.4, -0.2) is 88.2 Å². The summed E-state index contributed by atoms with van der Waals surface area (Å²) in [5.74, 6) is -2.29. The molecule has 0 aliphatic carbocycles. The maximum Gasteiger partial charge on any atom is 0.322 e. The summed E-state index contributed by atoms with van der Waals surface area (Å²) in [6.45, 7) is 7.06. The van der Waals surface area contributed by atoms with Crippen LogP contribution in [0.5, 0.6) is 5.75 Å². The third kappa shape index (κ3) is 8.23. The molecule has 5 N–H and O–H groups in total. The number of amides is 3. The Morgan fingerprint density at radius 3 is 2.40 bits per heavy atom. The standard InChI is InChI=1S/C28H37N5O7/c1-16(2)25(26(36)30-17(3)27(37)33-13-12-29-23(14-33)28(38)39)32-24(35)15-40-20-10-8-19(9-11-20)22-7-5-6-21(31-22)18(4)34/h5-11,16-18,23,25,29,34H,12-15H2,1-4H3,(H,30,36)(H,32,35)(H,38,39)/t17-,18+,23-,25-/m0/s1. The molecule has 4 atom stereocenters. The largest absolute Gasteiger partial charge is 0.484 e. The summed E-state index contributed by atoms with van der Waals surface area (Å²) in [6.07, 6.45) is -0.680. The van der Waals surface area contributed by atoms with Gasteiger partial charge >= 0.3 is 5.97 Å². The molecule has 0 saturated carbocycles. The number of aromatic nitrogens is 1. The summed E-state index contributed by atoms with van der Waals surface area (Å²) >= 11 is 0. The molecule has 1 saturated heterocycles. The molecule has 12 heteroatoms. The predicted molar refractivity (Wildman–Crippen MR) is 146 cm³/mol. The molecule has 2 aromatic rings.